The lowest BCUT2D eigenvalue weighted by Crippen LogP contribution is -2.37. The van der Waals surface area contributed by atoms with Crippen molar-refractivity contribution in [1.29, 1.82) is 0 Å². The number of nitrogens with zero attached hydrogens (tertiary/aromatic N) is 2. The maximum absolute atomic E-state index is 13.7. The zero-order valence-electron chi connectivity index (χ0n) is 17.0. The Bertz CT molecular complexity index is 1010. The number of hydrogen-bond acceptors (Lipinski definition) is 4. The normalized spacial score (nSPS) is 15.6. The number of fused-ring (bicyclic) bond motifs is 1. The van der Waals surface area contributed by atoms with Crippen LogP contribution in [-0.4, -0.2) is 39.6 Å². The molecule has 1 aromatic heterocycles. The number of amides is 1. The van der Waals surface area contributed by atoms with Crippen LogP contribution in [0.1, 0.15) is 55.0 Å². The predicted molar refractivity (Wildman–Crippen MR) is 103 cm³/mol. The van der Waals surface area contributed by atoms with Crippen molar-refractivity contribution in [1.82, 2.24) is 15.1 Å². The second-order valence-corrected chi connectivity index (χ2v) is 8.00. The minimum Gasteiger partial charge on any atom is -0.459 e. The van der Waals surface area contributed by atoms with E-state index < -0.39 is 28.9 Å². The first-order valence-electron chi connectivity index (χ1n) is 9.26. The van der Waals surface area contributed by atoms with E-state index in [1.165, 1.54) is 17.2 Å². The average Bonchev–Trinajstić information content (AvgIpc) is 2.95. The largest absolute Gasteiger partial charge is 0.459 e. The molecule has 1 aliphatic heterocycles. The summed E-state index contributed by atoms with van der Waals surface area (Å²) in [6.07, 6.45) is 1.03. The van der Waals surface area contributed by atoms with E-state index in [4.69, 9.17) is 4.74 Å². The molecule has 6 nitrogen and oxygen atoms in total. The van der Waals surface area contributed by atoms with Crippen molar-refractivity contribution in [3.63, 3.8) is 0 Å². The molecule has 0 spiro atoms. The topological polar surface area (TPSA) is 75.3 Å². The molecule has 3 rings (SSSR count). The van der Waals surface area contributed by atoms with Crippen molar-refractivity contribution in [2.75, 3.05) is 6.54 Å². The van der Waals surface area contributed by atoms with E-state index in [2.05, 4.69) is 10.2 Å². The highest BCUT2D eigenvalue weighted by Gasteiger charge is 2.37. The molecule has 1 aliphatic rings. The van der Waals surface area contributed by atoms with Gasteiger partial charge < -0.3 is 9.64 Å². The Morgan fingerprint density at radius 3 is 2.55 bits per heavy atom. The quantitative estimate of drug-likeness (QED) is 0.793. The van der Waals surface area contributed by atoms with Crippen LogP contribution in [0.25, 0.3) is 5.57 Å². The van der Waals surface area contributed by atoms with Gasteiger partial charge in [-0.1, -0.05) is 13.8 Å². The molecule has 2 heterocycles. The summed E-state index contributed by atoms with van der Waals surface area (Å²) in [4.78, 5) is 27.2. The first-order valence-corrected chi connectivity index (χ1v) is 9.26. The lowest BCUT2D eigenvalue weighted by molar-refractivity contribution is -0.140. The number of carbonyl (C=O) groups excluding carboxylic acids is 2. The highest BCUT2D eigenvalue weighted by Crippen LogP contribution is 2.37. The molecule has 1 aromatic carbocycles. The van der Waals surface area contributed by atoms with Crippen molar-refractivity contribution in [2.24, 2.45) is 0 Å². The van der Waals surface area contributed by atoms with Gasteiger partial charge in [-0.3, -0.25) is 9.89 Å². The Morgan fingerprint density at radius 1 is 1.24 bits per heavy atom. The molecule has 29 heavy (non-hydrogen) atoms. The van der Waals surface area contributed by atoms with Crippen LogP contribution < -0.4 is 0 Å². The number of halogens is 2. The lowest BCUT2D eigenvalue weighted by atomic mass is 9.82. The molecule has 0 radical (unpaired) electrons. The third-order valence-corrected chi connectivity index (χ3v) is 4.73. The number of hydrogen-bond donors (Lipinski definition) is 1. The highest BCUT2D eigenvalue weighted by molar-refractivity contribution is 6.17. The third-order valence-electron chi connectivity index (χ3n) is 4.73. The first-order chi connectivity index (χ1) is 13.5. The number of ether oxygens (including phenoxy) is 1. The van der Waals surface area contributed by atoms with Gasteiger partial charge in [0.15, 0.2) is 11.6 Å². The summed E-state index contributed by atoms with van der Waals surface area (Å²) in [5.41, 5.74) is 1.54. The van der Waals surface area contributed by atoms with Gasteiger partial charge in [0.2, 0.25) is 0 Å². The van der Waals surface area contributed by atoms with E-state index in [0.717, 1.165) is 17.7 Å². The molecule has 1 N–H and O–H groups in total. The van der Waals surface area contributed by atoms with Crippen molar-refractivity contribution in [3.8, 4) is 0 Å². The van der Waals surface area contributed by atoms with Crippen molar-refractivity contribution >= 4 is 17.4 Å². The van der Waals surface area contributed by atoms with Gasteiger partial charge in [0.05, 0.1) is 17.5 Å². The van der Waals surface area contributed by atoms with Gasteiger partial charge in [0, 0.05) is 29.3 Å². The van der Waals surface area contributed by atoms with Gasteiger partial charge in [-0.15, -0.1) is 0 Å². The Morgan fingerprint density at radius 2 is 1.93 bits per heavy atom. The fraction of sp³-hybridized carbons (Fsp3) is 0.381. The van der Waals surface area contributed by atoms with Crippen LogP contribution >= 0.6 is 0 Å². The standard InChI is InChI=1S/C21H23F2N3O3/c1-11(2)29-20(28)14-9-26(19(27)13-6-7-15(22)16(23)8-13)10-21(4,5)17-12(3)24-25-18(14)17/h6-9,11H,10H2,1-5H3,(H,24,25). The number of rotatable bonds is 3. The minimum atomic E-state index is -1.11. The minimum absolute atomic E-state index is 0.0204. The molecular formula is C21H23F2N3O3. The molecule has 0 fully saturated rings. The van der Waals surface area contributed by atoms with Crippen LogP contribution in [0, 0.1) is 18.6 Å². The zero-order valence-corrected chi connectivity index (χ0v) is 17.0. The molecule has 0 saturated heterocycles. The number of H-pyrrole nitrogens is 1. The first kappa shape index (κ1) is 20.7. The molecule has 8 heteroatoms. The van der Waals surface area contributed by atoms with E-state index in [1.54, 1.807) is 13.8 Å². The number of benzene rings is 1. The molecule has 0 aliphatic carbocycles. The zero-order chi connectivity index (χ0) is 21.5. The monoisotopic (exact) mass is 403 g/mol. The second-order valence-electron chi connectivity index (χ2n) is 8.00. The van der Waals surface area contributed by atoms with Gasteiger partial charge in [-0.05, 0) is 39.0 Å². The van der Waals surface area contributed by atoms with Crippen LogP contribution in [0.2, 0.25) is 0 Å². The average molecular weight is 403 g/mol. The number of carbonyl (C=O) groups is 2. The SMILES string of the molecule is Cc1n[nH]c2c1C(C)(C)CN(C(=O)c1ccc(F)c(F)c1)C=C2C(=O)OC(C)C. The summed E-state index contributed by atoms with van der Waals surface area (Å²) in [6.45, 7) is 9.31. The summed E-state index contributed by atoms with van der Waals surface area (Å²) in [7, 11) is 0. The molecule has 0 unspecified atom stereocenters. The van der Waals surface area contributed by atoms with Crippen LogP contribution in [0.3, 0.4) is 0 Å². The Balaban J connectivity index is 2.11. The second kappa shape index (κ2) is 7.42. The third kappa shape index (κ3) is 3.92. The molecule has 0 bridgehead atoms. The lowest BCUT2D eigenvalue weighted by Gasteiger charge is -2.29. The summed E-state index contributed by atoms with van der Waals surface area (Å²) >= 11 is 0. The fourth-order valence-electron chi connectivity index (χ4n) is 3.58. The van der Waals surface area contributed by atoms with Crippen LogP contribution in [0.4, 0.5) is 8.78 Å². The number of esters is 1. The molecule has 154 valence electrons. The predicted octanol–water partition coefficient (Wildman–Crippen LogP) is 3.72. The molecule has 0 atom stereocenters. The van der Waals surface area contributed by atoms with Gasteiger partial charge in [-0.25, -0.2) is 13.6 Å². The van der Waals surface area contributed by atoms with E-state index in [0.29, 0.717) is 11.4 Å². The van der Waals surface area contributed by atoms with Crippen LogP contribution in [-0.2, 0) is 14.9 Å². The number of aryl methyl sites for hydroxylation is 1. The van der Waals surface area contributed by atoms with E-state index in [9.17, 15) is 18.4 Å². The number of aromatic amines is 1. The highest BCUT2D eigenvalue weighted by atomic mass is 19.2. The van der Waals surface area contributed by atoms with E-state index in [-0.39, 0.29) is 23.8 Å². The summed E-state index contributed by atoms with van der Waals surface area (Å²) in [6, 6.07) is 2.96. The Labute approximate surface area is 167 Å². The molecule has 0 saturated carbocycles. The van der Waals surface area contributed by atoms with Crippen LogP contribution in [0.15, 0.2) is 24.4 Å². The van der Waals surface area contributed by atoms with Gasteiger partial charge >= 0.3 is 5.97 Å². The smallest absolute Gasteiger partial charge is 0.342 e. The summed E-state index contributed by atoms with van der Waals surface area (Å²) in [5, 5.41) is 7.10. The van der Waals surface area contributed by atoms with Crippen molar-refractivity contribution < 1.29 is 23.1 Å². The fourth-order valence-corrected chi connectivity index (χ4v) is 3.58. The Kier molecular flexibility index (Phi) is 5.30. The van der Waals surface area contributed by atoms with Gasteiger partial charge in [0.25, 0.3) is 5.91 Å². The molecule has 1 amide bonds. The van der Waals surface area contributed by atoms with Crippen molar-refractivity contribution in [3.05, 3.63) is 58.5 Å². The summed E-state index contributed by atoms with van der Waals surface area (Å²) in [5.74, 6) is -3.31. The van der Waals surface area contributed by atoms with E-state index >= 15 is 0 Å². The maximum Gasteiger partial charge on any atom is 0.342 e. The van der Waals surface area contributed by atoms with Crippen LogP contribution in [0.5, 0.6) is 0 Å². The number of aromatic nitrogens is 2. The molecular weight excluding hydrogens is 380 g/mol. The van der Waals surface area contributed by atoms with Gasteiger partial charge in [0.1, 0.15) is 5.57 Å². The number of nitrogens with one attached hydrogen (secondary N) is 1. The summed E-state index contributed by atoms with van der Waals surface area (Å²) < 4.78 is 32.3. The van der Waals surface area contributed by atoms with E-state index in [1.807, 2.05) is 20.8 Å². The Hall–Kier alpha value is -3.03. The molecule has 2 aromatic rings. The van der Waals surface area contributed by atoms with Crippen molar-refractivity contribution in [2.45, 2.75) is 46.1 Å². The van der Waals surface area contributed by atoms with Gasteiger partial charge in [-0.2, -0.15) is 5.10 Å². The maximum atomic E-state index is 13.7.